The third kappa shape index (κ3) is 3.28. The molecular weight excluding hydrogens is 234 g/mol. The van der Waals surface area contributed by atoms with Crippen LogP contribution in [0.3, 0.4) is 0 Å². The Morgan fingerprint density at radius 1 is 1.05 bits per heavy atom. The highest BCUT2D eigenvalue weighted by Crippen LogP contribution is 2.24. The van der Waals surface area contributed by atoms with E-state index >= 15 is 0 Å². The molecule has 2 aliphatic rings. The minimum absolute atomic E-state index is 0.877. The van der Waals surface area contributed by atoms with Crippen LogP contribution in [0.1, 0.15) is 31.2 Å². The first-order chi connectivity index (χ1) is 9.31. The van der Waals surface area contributed by atoms with Crippen LogP contribution in [-0.4, -0.2) is 42.0 Å². The second kappa shape index (κ2) is 5.93. The van der Waals surface area contributed by atoms with E-state index in [0.29, 0.717) is 0 Å². The largest absolute Gasteiger partial charge is 0.399 e. The number of benzene rings is 1. The summed E-state index contributed by atoms with van der Waals surface area (Å²) in [5.41, 5.74) is 8.06. The van der Waals surface area contributed by atoms with Gasteiger partial charge in [0.05, 0.1) is 0 Å². The third-order valence-corrected chi connectivity index (χ3v) is 4.61. The molecule has 1 saturated carbocycles. The molecule has 2 fully saturated rings. The van der Waals surface area contributed by atoms with Gasteiger partial charge in [-0.15, -0.1) is 0 Å². The van der Waals surface area contributed by atoms with E-state index < -0.39 is 0 Å². The van der Waals surface area contributed by atoms with E-state index in [1.54, 1.807) is 0 Å². The number of piperazine rings is 1. The van der Waals surface area contributed by atoms with E-state index in [2.05, 4.69) is 28.0 Å². The van der Waals surface area contributed by atoms with Gasteiger partial charge in [-0.1, -0.05) is 25.0 Å². The zero-order valence-electron chi connectivity index (χ0n) is 11.7. The molecule has 0 bridgehead atoms. The normalized spacial score (nSPS) is 22.9. The first-order valence-corrected chi connectivity index (χ1v) is 7.62. The molecule has 2 N–H and O–H groups in total. The highest BCUT2D eigenvalue weighted by atomic mass is 15.3. The lowest BCUT2D eigenvalue weighted by Crippen LogP contribution is -2.49. The summed E-state index contributed by atoms with van der Waals surface area (Å²) in [6.45, 7) is 5.93. The fraction of sp³-hybridized carbons (Fsp3) is 0.625. The van der Waals surface area contributed by atoms with Crippen LogP contribution in [0.5, 0.6) is 0 Å². The van der Waals surface area contributed by atoms with Crippen molar-refractivity contribution in [2.75, 3.05) is 31.9 Å². The number of nitrogens with two attached hydrogens (primary N) is 1. The maximum Gasteiger partial charge on any atom is 0.0317 e. The van der Waals surface area contributed by atoms with Crippen molar-refractivity contribution >= 4 is 5.69 Å². The molecule has 1 aliphatic carbocycles. The van der Waals surface area contributed by atoms with Gasteiger partial charge in [-0.3, -0.25) is 9.80 Å². The van der Waals surface area contributed by atoms with Crippen LogP contribution in [0.4, 0.5) is 5.69 Å². The summed E-state index contributed by atoms with van der Waals surface area (Å²) < 4.78 is 0. The minimum atomic E-state index is 0.877. The SMILES string of the molecule is Nc1cccc(CN2CCN(C3CCCC3)CC2)c1. The first kappa shape index (κ1) is 12.9. The number of nitrogen functional groups attached to an aromatic ring is 1. The van der Waals surface area contributed by atoms with Crippen molar-refractivity contribution < 1.29 is 0 Å². The maximum atomic E-state index is 5.84. The molecule has 0 unspecified atom stereocenters. The van der Waals surface area contributed by atoms with E-state index in [-0.39, 0.29) is 0 Å². The van der Waals surface area contributed by atoms with E-state index in [1.807, 2.05) is 6.07 Å². The van der Waals surface area contributed by atoms with Crippen molar-refractivity contribution in [3.8, 4) is 0 Å². The number of anilines is 1. The fourth-order valence-electron chi connectivity index (χ4n) is 3.51. The van der Waals surface area contributed by atoms with Crippen LogP contribution in [0.25, 0.3) is 0 Å². The van der Waals surface area contributed by atoms with E-state index in [9.17, 15) is 0 Å². The Bertz CT molecular complexity index is 404. The Morgan fingerprint density at radius 2 is 1.79 bits per heavy atom. The van der Waals surface area contributed by atoms with Gasteiger partial charge < -0.3 is 5.73 Å². The maximum absolute atomic E-state index is 5.84. The predicted molar refractivity (Wildman–Crippen MR) is 80.0 cm³/mol. The number of nitrogens with zero attached hydrogens (tertiary/aromatic N) is 2. The van der Waals surface area contributed by atoms with Gasteiger partial charge in [0.15, 0.2) is 0 Å². The van der Waals surface area contributed by atoms with Gasteiger partial charge in [0.2, 0.25) is 0 Å². The molecule has 0 spiro atoms. The Morgan fingerprint density at radius 3 is 2.47 bits per heavy atom. The van der Waals surface area contributed by atoms with Crippen molar-refractivity contribution in [1.82, 2.24) is 9.80 Å². The number of hydrogen-bond acceptors (Lipinski definition) is 3. The summed E-state index contributed by atoms with van der Waals surface area (Å²) in [6.07, 6.45) is 5.73. The van der Waals surface area contributed by atoms with Crippen LogP contribution in [0.2, 0.25) is 0 Å². The van der Waals surface area contributed by atoms with Crippen molar-refractivity contribution in [2.45, 2.75) is 38.3 Å². The molecule has 1 heterocycles. The molecule has 3 nitrogen and oxygen atoms in total. The van der Waals surface area contributed by atoms with Gasteiger partial charge in [0.1, 0.15) is 0 Å². The summed E-state index contributed by atoms with van der Waals surface area (Å²) >= 11 is 0. The van der Waals surface area contributed by atoms with Crippen LogP contribution in [0.15, 0.2) is 24.3 Å². The standard InChI is InChI=1S/C16H25N3/c17-15-5-3-4-14(12-15)13-18-8-10-19(11-9-18)16-6-1-2-7-16/h3-5,12,16H,1-2,6-11,13,17H2. The van der Waals surface area contributed by atoms with E-state index in [0.717, 1.165) is 18.3 Å². The van der Waals surface area contributed by atoms with Crippen LogP contribution in [0, 0.1) is 0 Å². The van der Waals surface area contributed by atoms with Crippen LogP contribution in [-0.2, 0) is 6.54 Å². The smallest absolute Gasteiger partial charge is 0.0317 e. The molecule has 1 aromatic carbocycles. The summed E-state index contributed by atoms with van der Waals surface area (Å²) in [5.74, 6) is 0. The molecule has 19 heavy (non-hydrogen) atoms. The van der Waals surface area contributed by atoms with Gasteiger partial charge in [0.25, 0.3) is 0 Å². The average molecular weight is 259 g/mol. The van der Waals surface area contributed by atoms with Gasteiger partial charge in [-0.2, -0.15) is 0 Å². The van der Waals surface area contributed by atoms with Gasteiger partial charge in [0, 0.05) is 44.5 Å². The molecule has 1 saturated heterocycles. The van der Waals surface area contributed by atoms with Gasteiger partial charge >= 0.3 is 0 Å². The van der Waals surface area contributed by atoms with Crippen LogP contribution >= 0.6 is 0 Å². The lowest BCUT2D eigenvalue weighted by Gasteiger charge is -2.38. The summed E-state index contributed by atoms with van der Waals surface area (Å²) in [6, 6.07) is 9.18. The Hall–Kier alpha value is -1.06. The third-order valence-electron chi connectivity index (χ3n) is 4.61. The van der Waals surface area contributed by atoms with Crippen molar-refractivity contribution in [3.63, 3.8) is 0 Å². The van der Waals surface area contributed by atoms with Gasteiger partial charge in [-0.25, -0.2) is 0 Å². The van der Waals surface area contributed by atoms with Crippen molar-refractivity contribution in [1.29, 1.82) is 0 Å². The second-order valence-electron chi connectivity index (χ2n) is 6.00. The highest BCUT2D eigenvalue weighted by Gasteiger charge is 2.25. The minimum Gasteiger partial charge on any atom is -0.399 e. The van der Waals surface area contributed by atoms with Crippen molar-refractivity contribution in [2.24, 2.45) is 0 Å². The van der Waals surface area contributed by atoms with E-state index in [1.165, 1.54) is 57.4 Å². The summed E-state index contributed by atoms with van der Waals surface area (Å²) in [5, 5.41) is 0. The zero-order valence-corrected chi connectivity index (χ0v) is 11.7. The molecular formula is C16H25N3. The lowest BCUT2D eigenvalue weighted by molar-refractivity contribution is 0.0937. The fourth-order valence-corrected chi connectivity index (χ4v) is 3.51. The summed E-state index contributed by atoms with van der Waals surface area (Å²) in [7, 11) is 0. The number of rotatable bonds is 3. The molecule has 104 valence electrons. The highest BCUT2D eigenvalue weighted by molar-refractivity contribution is 5.40. The topological polar surface area (TPSA) is 32.5 Å². The zero-order chi connectivity index (χ0) is 13.1. The summed E-state index contributed by atoms with van der Waals surface area (Å²) in [4.78, 5) is 5.27. The first-order valence-electron chi connectivity index (χ1n) is 7.62. The molecule has 0 atom stereocenters. The van der Waals surface area contributed by atoms with Crippen LogP contribution < -0.4 is 5.73 Å². The van der Waals surface area contributed by atoms with E-state index in [4.69, 9.17) is 5.73 Å². The quantitative estimate of drug-likeness (QED) is 0.846. The monoisotopic (exact) mass is 259 g/mol. The lowest BCUT2D eigenvalue weighted by atomic mass is 10.1. The molecule has 1 aromatic rings. The molecule has 0 amide bonds. The molecule has 1 aliphatic heterocycles. The molecule has 3 heteroatoms. The Balaban J connectivity index is 1.50. The Kier molecular flexibility index (Phi) is 4.04. The molecule has 3 rings (SSSR count). The molecule has 0 radical (unpaired) electrons. The predicted octanol–water partition coefficient (Wildman–Crippen LogP) is 2.33. The number of hydrogen-bond donors (Lipinski definition) is 1. The van der Waals surface area contributed by atoms with Crippen molar-refractivity contribution in [3.05, 3.63) is 29.8 Å². The Labute approximate surface area is 116 Å². The second-order valence-corrected chi connectivity index (χ2v) is 6.00. The van der Waals surface area contributed by atoms with Gasteiger partial charge in [-0.05, 0) is 30.5 Å². The average Bonchev–Trinajstić information content (AvgIpc) is 2.94. The molecule has 0 aromatic heterocycles.